The van der Waals surface area contributed by atoms with Gasteiger partial charge in [0.25, 0.3) is 0 Å². The number of nitrogens with one attached hydrogen (secondary N) is 1. The van der Waals surface area contributed by atoms with Gasteiger partial charge in [0.2, 0.25) is 0 Å². The van der Waals surface area contributed by atoms with Crippen LogP contribution in [-0.4, -0.2) is 7.28 Å². The number of anilines is 2. The highest BCUT2D eigenvalue weighted by Crippen LogP contribution is 2.54. The summed E-state index contributed by atoms with van der Waals surface area (Å²) in [6, 6.07) is 53.2. The van der Waals surface area contributed by atoms with Gasteiger partial charge < -0.3 is 14.2 Å². The number of benzene rings is 9. The van der Waals surface area contributed by atoms with Crippen LogP contribution in [0.2, 0.25) is 0 Å². The van der Waals surface area contributed by atoms with Crippen molar-refractivity contribution in [3.05, 3.63) is 178 Å². The number of hydrogen-bond acceptors (Lipinski definition) is 4. The van der Waals surface area contributed by atoms with Crippen LogP contribution in [0.1, 0.15) is 126 Å². The van der Waals surface area contributed by atoms with E-state index in [-0.39, 0.29) is 27.6 Å². The van der Waals surface area contributed by atoms with Crippen molar-refractivity contribution in [2.24, 2.45) is 0 Å². The molecular weight excluding hydrogens is 930 g/mol. The Morgan fingerprint density at radius 1 is 0.480 bits per heavy atom. The molecule has 75 heavy (non-hydrogen) atoms. The van der Waals surface area contributed by atoms with Gasteiger partial charge >= 0.3 is 0 Å². The number of hydrogen-bond donors (Lipinski definition) is 1. The van der Waals surface area contributed by atoms with E-state index in [0.717, 1.165) is 82.1 Å². The topological polar surface area (TPSA) is 38.3 Å². The van der Waals surface area contributed by atoms with Crippen molar-refractivity contribution in [3.63, 3.8) is 0 Å². The molecule has 0 saturated heterocycles. The smallest absolute Gasteiger partial charge is 0.193 e. The first kappa shape index (κ1) is 44.2. The van der Waals surface area contributed by atoms with E-state index in [2.05, 4.69) is 208 Å². The van der Waals surface area contributed by atoms with Crippen molar-refractivity contribution in [1.29, 1.82) is 0 Å². The molecule has 0 saturated carbocycles. The van der Waals surface area contributed by atoms with Crippen molar-refractivity contribution in [3.8, 4) is 22.3 Å². The molecule has 1 radical (unpaired) electrons. The molecule has 3 aliphatic carbocycles. The normalized spacial score (nSPS) is 18.5. The number of rotatable bonds is 3. The molecule has 1 atom stereocenters. The predicted octanol–water partition coefficient (Wildman–Crippen LogP) is 18.4. The summed E-state index contributed by atoms with van der Waals surface area (Å²) >= 11 is 1.96. The van der Waals surface area contributed by atoms with Gasteiger partial charge in [0.05, 0.1) is 11.4 Å². The van der Waals surface area contributed by atoms with E-state index < -0.39 is 0 Å². The fourth-order valence-corrected chi connectivity index (χ4v) is 16.1. The molecule has 0 amide bonds. The molecule has 0 fully saturated rings. The highest BCUT2D eigenvalue weighted by molar-refractivity contribution is 7.26. The Morgan fingerprint density at radius 2 is 1.09 bits per heavy atom. The predicted molar refractivity (Wildman–Crippen MR) is 320 cm³/mol. The monoisotopic (exact) mass is 988 g/mol. The van der Waals surface area contributed by atoms with Crippen molar-refractivity contribution in [2.75, 3.05) is 5.32 Å². The number of furan rings is 2. The van der Waals surface area contributed by atoms with Crippen LogP contribution in [0, 0.1) is 0 Å². The van der Waals surface area contributed by atoms with Gasteiger partial charge in [0, 0.05) is 53.2 Å². The Morgan fingerprint density at radius 3 is 1.81 bits per heavy atom. The highest BCUT2D eigenvalue weighted by atomic mass is 32.1. The molecule has 0 spiro atoms. The third-order valence-corrected chi connectivity index (χ3v) is 20.5. The summed E-state index contributed by atoms with van der Waals surface area (Å²) in [6.45, 7) is 19.3. The molecule has 5 heteroatoms. The second-order valence-corrected chi connectivity index (χ2v) is 26.5. The molecule has 9 aromatic carbocycles. The lowest BCUT2D eigenvalue weighted by atomic mass is 9.50. The molecule has 4 aliphatic rings. The number of para-hydroxylation sites is 1. The van der Waals surface area contributed by atoms with Gasteiger partial charge in [-0.05, 0) is 175 Å². The van der Waals surface area contributed by atoms with Gasteiger partial charge in [-0.1, -0.05) is 151 Å². The molecule has 3 nitrogen and oxygen atoms in total. The number of thiophene rings is 1. The average molecular weight is 989 g/mol. The molecule has 16 rings (SSSR count). The van der Waals surface area contributed by atoms with E-state index in [1.807, 2.05) is 11.3 Å². The Kier molecular flexibility index (Phi) is 8.76. The quantitative estimate of drug-likeness (QED) is 0.179. The van der Waals surface area contributed by atoms with E-state index >= 15 is 0 Å². The molecule has 0 bridgehead atoms. The Labute approximate surface area is 443 Å². The van der Waals surface area contributed by atoms with Crippen LogP contribution < -0.4 is 16.2 Å². The summed E-state index contributed by atoms with van der Waals surface area (Å²) < 4.78 is 17.3. The molecule has 365 valence electrons. The zero-order valence-corrected chi connectivity index (χ0v) is 45.0. The van der Waals surface area contributed by atoms with Crippen molar-refractivity contribution < 1.29 is 8.83 Å². The zero-order valence-electron chi connectivity index (χ0n) is 44.2. The van der Waals surface area contributed by atoms with Gasteiger partial charge in [-0.3, -0.25) is 0 Å². The van der Waals surface area contributed by atoms with Gasteiger partial charge in [0.15, 0.2) is 12.9 Å². The van der Waals surface area contributed by atoms with E-state index in [4.69, 9.17) is 8.83 Å². The van der Waals surface area contributed by atoms with Crippen LogP contribution in [0.25, 0.3) is 97.1 Å². The van der Waals surface area contributed by atoms with Gasteiger partial charge in [-0.2, -0.15) is 0 Å². The van der Waals surface area contributed by atoms with Crippen LogP contribution >= 0.6 is 11.3 Å². The Bertz CT molecular complexity index is 4530. The molecule has 3 aromatic heterocycles. The molecule has 1 aliphatic heterocycles. The lowest BCUT2D eigenvalue weighted by molar-refractivity contribution is 0.332. The van der Waals surface area contributed by atoms with Crippen LogP contribution in [0.4, 0.5) is 11.4 Å². The van der Waals surface area contributed by atoms with Crippen molar-refractivity contribution >= 4 is 116 Å². The van der Waals surface area contributed by atoms with E-state index in [9.17, 15) is 0 Å². The summed E-state index contributed by atoms with van der Waals surface area (Å²) in [5.41, 5.74) is 23.5. The summed E-state index contributed by atoms with van der Waals surface area (Å²) in [4.78, 5) is 0. The molecule has 1 unspecified atom stereocenters. The van der Waals surface area contributed by atoms with Gasteiger partial charge in [0.1, 0.15) is 16.7 Å². The van der Waals surface area contributed by atoms with Crippen molar-refractivity contribution in [2.45, 2.75) is 115 Å². The third kappa shape index (κ3) is 6.11. The van der Waals surface area contributed by atoms with Crippen LogP contribution in [-0.2, 0) is 28.1 Å². The van der Waals surface area contributed by atoms with Crippen LogP contribution in [0.3, 0.4) is 0 Å². The lowest BCUT2D eigenvalue weighted by Crippen LogP contribution is -2.42. The third-order valence-electron chi connectivity index (χ3n) is 19.2. The van der Waals surface area contributed by atoms with Crippen molar-refractivity contribution in [1.82, 2.24) is 0 Å². The maximum Gasteiger partial charge on any atom is 0.193 e. The zero-order chi connectivity index (χ0) is 50.7. The molecule has 12 aromatic rings. The van der Waals surface area contributed by atoms with Crippen LogP contribution in [0.15, 0.2) is 148 Å². The maximum absolute atomic E-state index is 7.52. The minimum atomic E-state index is 0.0405. The van der Waals surface area contributed by atoms with E-state index in [0.29, 0.717) is 0 Å². The first-order chi connectivity index (χ1) is 36.1. The molecule has 1 N–H and O–H groups in total. The first-order valence-electron chi connectivity index (χ1n) is 27.4. The van der Waals surface area contributed by atoms with Gasteiger partial charge in [-0.15, -0.1) is 11.3 Å². The maximum atomic E-state index is 7.52. The Balaban J connectivity index is 0.989. The number of fused-ring (bicyclic) bond motifs is 18. The second-order valence-electron chi connectivity index (χ2n) is 25.4. The standard InChI is InChI=1S/C70H59BNO2S/c1-67(2)27-29-69(5,6)52-35-57-45(33-50(52)67)42-19-14-21-56(64(42)73-57)72-55-26-25-43-46-34-51-53(70(7,8)30-28-68(51,3)4)36-58(46)74-65(43)61(55)49-32-47-40-17-11-12-22-59(40)75-66(47)62-48-31-44-38-16-10-9-15-37(38)23-24-39(44)41-18-13-20-54(60(41)48)71-63(49)62/h9-26,32-36,48,72H,27-31H2,1-8H3. The molecule has 4 heterocycles. The first-order valence-corrected chi connectivity index (χ1v) is 28.2. The Hall–Kier alpha value is -7.08. The summed E-state index contributed by atoms with van der Waals surface area (Å²) in [5, 5.41) is 14.0. The summed E-state index contributed by atoms with van der Waals surface area (Å²) in [6.07, 6.45) is 5.54. The molecular formula is C70H59BNO2S. The highest BCUT2D eigenvalue weighted by Gasteiger charge is 2.41. The largest absolute Gasteiger partial charge is 0.455 e. The van der Waals surface area contributed by atoms with E-state index in [1.165, 1.54) is 108 Å². The van der Waals surface area contributed by atoms with Gasteiger partial charge in [-0.25, -0.2) is 0 Å². The van der Waals surface area contributed by atoms with E-state index in [1.54, 1.807) is 0 Å². The SMILES string of the molecule is CC1(C)CCC(C)(C)c2cc3c(cc21)oc1c(Nc2ccc4c(oc5cc6c(cc54)C(C)(C)CCC6(C)C)c2-c2cc4c(sc5ccccc54)c4c2[B]c2cccc5c2C4Cc2c-5ccc4ccccc24)cccc13. The average Bonchev–Trinajstić information content (AvgIpc) is 4.18. The summed E-state index contributed by atoms with van der Waals surface area (Å²) in [5.74, 6) is 0.151. The minimum absolute atomic E-state index is 0.0405. The fourth-order valence-electron chi connectivity index (χ4n) is 14.8. The van der Waals surface area contributed by atoms with Crippen LogP contribution in [0.5, 0.6) is 0 Å². The second kappa shape index (κ2) is 14.9. The lowest BCUT2D eigenvalue weighted by Gasteiger charge is -2.41. The fraction of sp³-hybridized carbons (Fsp3) is 0.257. The summed E-state index contributed by atoms with van der Waals surface area (Å²) in [7, 11) is 2.52. The minimum Gasteiger partial charge on any atom is -0.455 e.